The van der Waals surface area contributed by atoms with Gasteiger partial charge in [-0.2, -0.15) is 9.97 Å². The quantitative estimate of drug-likeness (QED) is 0.343. The number of amides is 1. The highest BCUT2D eigenvalue weighted by molar-refractivity contribution is 5.81. The number of rotatable bonds is 8. The summed E-state index contributed by atoms with van der Waals surface area (Å²) in [7, 11) is 1.80. The van der Waals surface area contributed by atoms with Crippen molar-refractivity contribution in [3.8, 4) is 11.5 Å². The van der Waals surface area contributed by atoms with E-state index in [-0.39, 0.29) is 12.5 Å². The van der Waals surface area contributed by atoms with Crippen LogP contribution < -0.4 is 10.6 Å². The van der Waals surface area contributed by atoms with E-state index >= 15 is 0 Å². The second kappa shape index (κ2) is 10.1. The minimum absolute atomic E-state index is 0.113. The van der Waals surface area contributed by atoms with Crippen LogP contribution in [0.25, 0.3) is 11.5 Å². The van der Waals surface area contributed by atoms with Crippen LogP contribution in [0, 0.1) is 0 Å². The Morgan fingerprint density at radius 3 is 2.72 bits per heavy atom. The first-order valence-electron chi connectivity index (χ1n) is 11.8. The minimum atomic E-state index is -0.405. The normalized spacial score (nSPS) is 13.9. The number of hydrogen-bond donors (Lipinski definition) is 3. The molecule has 3 heterocycles. The van der Waals surface area contributed by atoms with E-state index in [1.165, 1.54) is 0 Å². The third-order valence-corrected chi connectivity index (χ3v) is 6.14. The van der Waals surface area contributed by atoms with Crippen LogP contribution >= 0.6 is 0 Å². The molecule has 2 aromatic carbocycles. The molecule has 184 valence electrons. The smallest absolute Gasteiger partial charge is 0.263 e. The number of aromatic nitrogens is 4. The molecule has 0 saturated heterocycles. The first kappa shape index (κ1) is 23.4. The molecule has 10 heteroatoms. The van der Waals surface area contributed by atoms with Crippen molar-refractivity contribution < 1.29 is 14.4 Å². The molecule has 0 fully saturated rings. The second-order valence-corrected chi connectivity index (χ2v) is 8.65. The monoisotopic (exact) mass is 485 g/mol. The van der Waals surface area contributed by atoms with Gasteiger partial charge >= 0.3 is 0 Å². The van der Waals surface area contributed by atoms with Gasteiger partial charge in [-0.05, 0) is 28.8 Å². The molecule has 0 spiro atoms. The first-order valence-corrected chi connectivity index (χ1v) is 11.8. The first-order chi connectivity index (χ1) is 17.5. The van der Waals surface area contributed by atoms with Crippen molar-refractivity contribution in [3.05, 3.63) is 77.2 Å². The molecule has 1 amide bonds. The minimum Gasteiger partial charge on any atom is -0.394 e. The molecule has 5 rings (SSSR count). The van der Waals surface area contributed by atoms with E-state index in [1.807, 2.05) is 55.5 Å². The molecule has 0 aliphatic carbocycles. The Morgan fingerprint density at radius 1 is 1.14 bits per heavy atom. The lowest BCUT2D eigenvalue weighted by atomic mass is 9.99. The van der Waals surface area contributed by atoms with Gasteiger partial charge in [0.15, 0.2) is 5.82 Å². The molecule has 4 aromatic rings. The molecule has 36 heavy (non-hydrogen) atoms. The number of hydrogen-bond acceptors (Lipinski definition) is 9. The van der Waals surface area contributed by atoms with Gasteiger partial charge in [0.25, 0.3) is 5.89 Å². The summed E-state index contributed by atoms with van der Waals surface area (Å²) >= 11 is 0. The summed E-state index contributed by atoms with van der Waals surface area (Å²) in [6, 6.07) is 15.1. The highest BCUT2D eigenvalue weighted by Crippen LogP contribution is 2.30. The lowest BCUT2D eigenvalue weighted by Crippen LogP contribution is -2.32. The number of aliphatic hydroxyl groups excluding tert-OH is 1. The number of carbonyl (C=O) groups excluding carboxylic acids is 1. The Balaban J connectivity index is 1.47. The Bertz CT molecular complexity index is 1370. The van der Waals surface area contributed by atoms with Crippen LogP contribution in [0.5, 0.6) is 0 Å². The maximum atomic E-state index is 12.0. The number of benzene rings is 2. The van der Waals surface area contributed by atoms with Crippen molar-refractivity contribution in [2.75, 3.05) is 24.3 Å². The van der Waals surface area contributed by atoms with Crippen LogP contribution in [0.1, 0.15) is 35.5 Å². The Morgan fingerprint density at radius 2 is 1.97 bits per heavy atom. The topological polar surface area (TPSA) is 129 Å². The molecular weight excluding hydrogens is 458 g/mol. The zero-order chi connectivity index (χ0) is 25.1. The number of carbonyl (C=O) groups is 1. The predicted molar refractivity (Wildman–Crippen MR) is 134 cm³/mol. The number of aliphatic hydroxyl groups is 1. The van der Waals surface area contributed by atoms with E-state index in [0.717, 1.165) is 22.4 Å². The van der Waals surface area contributed by atoms with Crippen molar-refractivity contribution in [2.45, 2.75) is 32.4 Å². The standard InChI is InChI=1S/C26H27N7O3/c1-3-22-30-25(36-32-22)20-13-27-26(31-24(20)29-21(15-34)16-7-5-4-6-8-16)28-19-10-9-17-12-23(35)33(2)14-18(17)11-19/h4-11,13,21,34H,3,12,14-15H2,1-2H3,(H2,27,28,29,31)/t21-/m1/s1. The molecule has 1 atom stereocenters. The fraction of sp³-hybridized carbons (Fsp3) is 0.269. The molecule has 1 aliphatic heterocycles. The molecule has 2 aromatic heterocycles. The SMILES string of the molecule is CCc1noc(-c2cnc(Nc3ccc4c(c3)CN(C)C(=O)C4)nc2N[C@H](CO)c2ccccc2)n1. The van der Waals surface area contributed by atoms with E-state index in [2.05, 4.69) is 25.8 Å². The summed E-state index contributed by atoms with van der Waals surface area (Å²) in [6.45, 7) is 2.36. The summed E-state index contributed by atoms with van der Waals surface area (Å²) in [5.41, 5.74) is 4.36. The highest BCUT2D eigenvalue weighted by atomic mass is 16.5. The predicted octanol–water partition coefficient (Wildman–Crippen LogP) is 3.49. The largest absolute Gasteiger partial charge is 0.394 e. The third kappa shape index (κ3) is 4.89. The Kier molecular flexibility index (Phi) is 6.59. The van der Waals surface area contributed by atoms with Gasteiger partial charge in [-0.15, -0.1) is 0 Å². The van der Waals surface area contributed by atoms with Gasteiger partial charge in [-0.3, -0.25) is 4.79 Å². The van der Waals surface area contributed by atoms with Crippen LogP contribution in [0.15, 0.2) is 59.3 Å². The van der Waals surface area contributed by atoms with E-state index in [9.17, 15) is 9.90 Å². The van der Waals surface area contributed by atoms with Crippen LogP contribution in [-0.4, -0.2) is 49.7 Å². The average Bonchev–Trinajstić information content (AvgIpc) is 3.38. The number of nitrogens with zero attached hydrogens (tertiary/aromatic N) is 5. The molecule has 3 N–H and O–H groups in total. The van der Waals surface area contributed by atoms with Crippen molar-refractivity contribution >= 4 is 23.4 Å². The lowest BCUT2D eigenvalue weighted by Gasteiger charge is -2.25. The average molecular weight is 486 g/mol. The van der Waals surface area contributed by atoms with Crippen LogP contribution in [0.3, 0.4) is 0 Å². The van der Waals surface area contributed by atoms with E-state index in [0.29, 0.717) is 48.4 Å². The van der Waals surface area contributed by atoms with Gasteiger partial charge in [0.1, 0.15) is 11.4 Å². The maximum absolute atomic E-state index is 12.0. The van der Waals surface area contributed by atoms with Crippen molar-refractivity contribution in [3.63, 3.8) is 0 Å². The number of aryl methyl sites for hydroxylation is 1. The zero-order valence-corrected chi connectivity index (χ0v) is 20.1. The lowest BCUT2D eigenvalue weighted by molar-refractivity contribution is -0.130. The number of likely N-dealkylation sites (N-methyl/N-ethyl adjacent to an activating group) is 1. The van der Waals surface area contributed by atoms with E-state index < -0.39 is 6.04 Å². The van der Waals surface area contributed by atoms with Crippen molar-refractivity contribution in [2.24, 2.45) is 0 Å². The van der Waals surface area contributed by atoms with Gasteiger partial charge < -0.3 is 25.2 Å². The molecule has 0 unspecified atom stereocenters. The van der Waals surface area contributed by atoms with E-state index in [1.54, 1.807) is 18.1 Å². The number of nitrogens with one attached hydrogen (secondary N) is 2. The summed E-state index contributed by atoms with van der Waals surface area (Å²) in [5, 5.41) is 20.7. The van der Waals surface area contributed by atoms with Crippen LogP contribution in [-0.2, 0) is 24.2 Å². The summed E-state index contributed by atoms with van der Waals surface area (Å²) < 4.78 is 5.45. The number of fused-ring (bicyclic) bond motifs is 1. The molecule has 0 bridgehead atoms. The molecule has 0 radical (unpaired) electrons. The molecule has 10 nitrogen and oxygen atoms in total. The van der Waals surface area contributed by atoms with Gasteiger partial charge in [-0.25, -0.2) is 4.98 Å². The third-order valence-electron chi connectivity index (χ3n) is 6.14. The second-order valence-electron chi connectivity index (χ2n) is 8.65. The summed E-state index contributed by atoms with van der Waals surface area (Å²) in [4.78, 5) is 27.3. The maximum Gasteiger partial charge on any atom is 0.263 e. The zero-order valence-electron chi connectivity index (χ0n) is 20.1. The molecule has 1 aliphatic rings. The Hall–Kier alpha value is -4.31. The van der Waals surface area contributed by atoms with Gasteiger partial charge in [0, 0.05) is 31.9 Å². The molecule has 0 saturated carbocycles. The van der Waals surface area contributed by atoms with E-state index in [4.69, 9.17) is 9.51 Å². The summed E-state index contributed by atoms with van der Waals surface area (Å²) in [6.07, 6.45) is 2.65. The summed E-state index contributed by atoms with van der Waals surface area (Å²) in [5.74, 6) is 1.80. The highest BCUT2D eigenvalue weighted by Gasteiger charge is 2.22. The van der Waals surface area contributed by atoms with Gasteiger partial charge in [0.2, 0.25) is 11.9 Å². The fourth-order valence-corrected chi connectivity index (χ4v) is 4.09. The van der Waals surface area contributed by atoms with Gasteiger partial charge in [-0.1, -0.05) is 48.5 Å². The number of anilines is 3. The van der Waals surface area contributed by atoms with Crippen LogP contribution in [0.2, 0.25) is 0 Å². The van der Waals surface area contributed by atoms with Crippen molar-refractivity contribution in [1.82, 2.24) is 25.0 Å². The Labute approximate surface area is 208 Å². The van der Waals surface area contributed by atoms with Gasteiger partial charge in [0.05, 0.1) is 19.1 Å². The van der Waals surface area contributed by atoms with Crippen molar-refractivity contribution in [1.29, 1.82) is 0 Å². The molecular formula is C26H27N7O3. The van der Waals surface area contributed by atoms with Crippen LogP contribution in [0.4, 0.5) is 17.5 Å². The fourth-order valence-electron chi connectivity index (χ4n) is 4.09.